The van der Waals surface area contributed by atoms with Crippen molar-refractivity contribution in [2.24, 2.45) is 0 Å². The van der Waals surface area contributed by atoms with Crippen LogP contribution in [0.25, 0.3) is 22.4 Å². The zero-order valence-electron chi connectivity index (χ0n) is 13.3. The molecule has 0 aliphatic rings. The fourth-order valence-corrected chi connectivity index (χ4v) is 2.65. The van der Waals surface area contributed by atoms with Gasteiger partial charge in [-0.3, -0.25) is 4.90 Å². The summed E-state index contributed by atoms with van der Waals surface area (Å²) in [7, 11) is 2.00. The first-order chi connectivity index (χ1) is 11.8. The second kappa shape index (κ2) is 6.25. The number of aromatic nitrogens is 4. The average Bonchev–Trinajstić information content (AvgIpc) is 3.21. The highest BCUT2D eigenvalue weighted by Crippen LogP contribution is 2.16. The monoisotopic (exact) mass is 319 g/mol. The van der Waals surface area contributed by atoms with Crippen molar-refractivity contribution in [2.75, 3.05) is 7.05 Å². The molecule has 0 saturated heterocycles. The van der Waals surface area contributed by atoms with Crippen LogP contribution in [0.1, 0.15) is 11.7 Å². The molecule has 0 spiro atoms. The van der Waals surface area contributed by atoms with Crippen LogP contribution in [0.15, 0.2) is 59.1 Å². The summed E-state index contributed by atoms with van der Waals surface area (Å²) >= 11 is 0. The van der Waals surface area contributed by atoms with E-state index in [1.807, 2.05) is 61.6 Å². The number of hydrogen-bond donors (Lipinski definition) is 1. The summed E-state index contributed by atoms with van der Waals surface area (Å²) in [5.74, 6) is 2.12. The number of imidazole rings is 1. The van der Waals surface area contributed by atoms with Crippen molar-refractivity contribution in [3.63, 3.8) is 0 Å². The fourth-order valence-electron chi connectivity index (χ4n) is 2.65. The van der Waals surface area contributed by atoms with Crippen molar-refractivity contribution < 1.29 is 4.52 Å². The van der Waals surface area contributed by atoms with E-state index in [9.17, 15) is 0 Å². The van der Waals surface area contributed by atoms with Gasteiger partial charge in [-0.2, -0.15) is 4.98 Å². The van der Waals surface area contributed by atoms with E-state index >= 15 is 0 Å². The molecule has 6 nitrogen and oxygen atoms in total. The van der Waals surface area contributed by atoms with Crippen LogP contribution >= 0.6 is 0 Å². The molecule has 0 atom stereocenters. The van der Waals surface area contributed by atoms with Crippen molar-refractivity contribution >= 4 is 11.0 Å². The Morgan fingerprint density at radius 2 is 1.75 bits per heavy atom. The average molecular weight is 319 g/mol. The van der Waals surface area contributed by atoms with Gasteiger partial charge in [-0.1, -0.05) is 47.6 Å². The van der Waals surface area contributed by atoms with E-state index < -0.39 is 0 Å². The number of aromatic amines is 1. The van der Waals surface area contributed by atoms with Crippen LogP contribution in [0.3, 0.4) is 0 Å². The first-order valence-electron chi connectivity index (χ1n) is 7.78. The Morgan fingerprint density at radius 1 is 0.958 bits per heavy atom. The van der Waals surface area contributed by atoms with Gasteiger partial charge in [-0.15, -0.1) is 0 Å². The molecule has 0 saturated carbocycles. The van der Waals surface area contributed by atoms with E-state index in [4.69, 9.17) is 4.52 Å². The molecule has 0 fully saturated rings. The Morgan fingerprint density at radius 3 is 2.58 bits per heavy atom. The van der Waals surface area contributed by atoms with E-state index in [1.165, 1.54) is 0 Å². The molecule has 0 aliphatic carbocycles. The molecular formula is C18H17N5O. The van der Waals surface area contributed by atoms with E-state index in [2.05, 4.69) is 25.0 Å². The highest BCUT2D eigenvalue weighted by atomic mass is 16.5. The summed E-state index contributed by atoms with van der Waals surface area (Å²) < 4.78 is 5.35. The van der Waals surface area contributed by atoms with Crippen LogP contribution in [-0.4, -0.2) is 32.1 Å². The molecule has 0 amide bonds. The minimum atomic E-state index is 0.566. The normalized spacial score (nSPS) is 11.4. The number of H-pyrrole nitrogens is 1. The van der Waals surface area contributed by atoms with Crippen LogP contribution in [0.5, 0.6) is 0 Å². The molecule has 2 aromatic carbocycles. The van der Waals surface area contributed by atoms with E-state index in [0.29, 0.717) is 24.8 Å². The lowest BCUT2D eigenvalue weighted by molar-refractivity contribution is 0.257. The minimum absolute atomic E-state index is 0.566. The lowest BCUT2D eigenvalue weighted by Crippen LogP contribution is -2.18. The number of para-hydroxylation sites is 2. The van der Waals surface area contributed by atoms with Crippen molar-refractivity contribution in [3.8, 4) is 11.4 Å². The second-order valence-electron chi connectivity index (χ2n) is 5.75. The van der Waals surface area contributed by atoms with Crippen LogP contribution in [0.4, 0.5) is 0 Å². The Bertz CT molecular complexity index is 911. The first kappa shape index (κ1) is 14.6. The molecule has 0 radical (unpaired) electrons. The third kappa shape index (κ3) is 3.04. The summed E-state index contributed by atoms with van der Waals surface area (Å²) in [6.45, 7) is 1.24. The minimum Gasteiger partial charge on any atom is -0.341 e. The van der Waals surface area contributed by atoms with Crippen LogP contribution in [0.2, 0.25) is 0 Å². The fraction of sp³-hybridized carbons (Fsp3) is 0.167. The maximum atomic E-state index is 5.35. The third-order valence-electron chi connectivity index (χ3n) is 3.76. The number of fused-ring (bicyclic) bond motifs is 1. The van der Waals surface area contributed by atoms with Crippen molar-refractivity contribution in [1.29, 1.82) is 0 Å². The molecule has 1 N–H and O–H groups in total. The zero-order valence-corrected chi connectivity index (χ0v) is 13.3. The molecule has 4 aromatic rings. The van der Waals surface area contributed by atoms with Crippen LogP contribution < -0.4 is 0 Å². The molecule has 120 valence electrons. The molecule has 0 aliphatic heterocycles. The van der Waals surface area contributed by atoms with Crippen LogP contribution in [-0.2, 0) is 13.1 Å². The van der Waals surface area contributed by atoms with Gasteiger partial charge in [0.1, 0.15) is 5.82 Å². The number of nitrogens with zero attached hydrogens (tertiary/aromatic N) is 4. The van der Waals surface area contributed by atoms with Gasteiger partial charge in [0, 0.05) is 5.56 Å². The molecule has 2 aromatic heterocycles. The summed E-state index contributed by atoms with van der Waals surface area (Å²) in [5.41, 5.74) is 2.97. The maximum Gasteiger partial charge on any atom is 0.241 e. The zero-order chi connectivity index (χ0) is 16.4. The van der Waals surface area contributed by atoms with Gasteiger partial charge >= 0.3 is 0 Å². The van der Waals surface area contributed by atoms with Gasteiger partial charge in [0.05, 0.1) is 24.1 Å². The summed E-state index contributed by atoms with van der Waals surface area (Å²) in [6, 6.07) is 17.8. The molecule has 0 unspecified atom stereocenters. The van der Waals surface area contributed by atoms with E-state index in [-0.39, 0.29) is 0 Å². The summed E-state index contributed by atoms with van der Waals surface area (Å²) in [5, 5.41) is 4.05. The Labute approximate surface area is 139 Å². The predicted octanol–water partition coefficient (Wildman–Crippen LogP) is 3.24. The van der Waals surface area contributed by atoms with Gasteiger partial charge in [0.15, 0.2) is 0 Å². The van der Waals surface area contributed by atoms with Gasteiger partial charge < -0.3 is 9.51 Å². The van der Waals surface area contributed by atoms with Gasteiger partial charge in [0.25, 0.3) is 0 Å². The Hall–Kier alpha value is -2.99. The predicted molar refractivity (Wildman–Crippen MR) is 91.0 cm³/mol. The standard InChI is InChI=1S/C18H17N5O/c1-23(11-16-19-14-9-5-6-10-15(14)20-16)12-17-21-18(22-24-17)13-7-3-2-4-8-13/h2-10H,11-12H2,1H3,(H,19,20). The summed E-state index contributed by atoms with van der Waals surface area (Å²) in [4.78, 5) is 14.4. The molecule has 24 heavy (non-hydrogen) atoms. The highest BCUT2D eigenvalue weighted by molar-refractivity contribution is 5.74. The quantitative estimate of drug-likeness (QED) is 0.611. The molecular weight excluding hydrogens is 302 g/mol. The molecule has 6 heteroatoms. The number of benzene rings is 2. The third-order valence-corrected chi connectivity index (χ3v) is 3.76. The molecule has 4 rings (SSSR count). The van der Waals surface area contributed by atoms with Gasteiger partial charge in [-0.05, 0) is 19.2 Å². The molecule has 0 bridgehead atoms. The second-order valence-corrected chi connectivity index (χ2v) is 5.75. The van der Waals surface area contributed by atoms with Crippen molar-refractivity contribution in [2.45, 2.75) is 13.1 Å². The van der Waals surface area contributed by atoms with E-state index in [0.717, 1.165) is 22.4 Å². The number of nitrogens with one attached hydrogen (secondary N) is 1. The van der Waals surface area contributed by atoms with Crippen molar-refractivity contribution in [1.82, 2.24) is 25.0 Å². The Balaban J connectivity index is 1.44. The first-order valence-corrected chi connectivity index (χ1v) is 7.78. The maximum absolute atomic E-state index is 5.35. The number of rotatable bonds is 5. The molecule has 2 heterocycles. The van der Waals surface area contributed by atoms with Crippen molar-refractivity contribution in [3.05, 3.63) is 66.3 Å². The largest absolute Gasteiger partial charge is 0.341 e. The SMILES string of the molecule is CN(Cc1nc2ccccc2[nH]1)Cc1nc(-c2ccccc2)no1. The number of hydrogen-bond acceptors (Lipinski definition) is 5. The Kier molecular flexibility index (Phi) is 3.80. The van der Waals surface area contributed by atoms with Gasteiger partial charge in [-0.25, -0.2) is 4.98 Å². The summed E-state index contributed by atoms with van der Waals surface area (Å²) in [6.07, 6.45) is 0. The topological polar surface area (TPSA) is 70.8 Å². The lowest BCUT2D eigenvalue weighted by atomic mass is 10.2. The smallest absolute Gasteiger partial charge is 0.241 e. The van der Waals surface area contributed by atoms with Crippen LogP contribution in [0, 0.1) is 0 Å². The lowest BCUT2D eigenvalue weighted by Gasteiger charge is -2.11. The van der Waals surface area contributed by atoms with Gasteiger partial charge in [0.2, 0.25) is 11.7 Å². The van der Waals surface area contributed by atoms with E-state index in [1.54, 1.807) is 0 Å². The highest BCUT2D eigenvalue weighted by Gasteiger charge is 2.12.